The van der Waals surface area contributed by atoms with Gasteiger partial charge >= 0.3 is 0 Å². The van der Waals surface area contributed by atoms with Gasteiger partial charge in [0.1, 0.15) is 29.9 Å². The van der Waals surface area contributed by atoms with Crippen LogP contribution in [0.4, 0.5) is 0 Å². The second-order valence-electron chi connectivity index (χ2n) is 6.09. The van der Waals surface area contributed by atoms with Crippen molar-refractivity contribution in [2.45, 2.75) is 38.0 Å². The summed E-state index contributed by atoms with van der Waals surface area (Å²) in [4.78, 5) is 2.23. The van der Waals surface area contributed by atoms with Gasteiger partial charge in [0, 0.05) is 12.1 Å². The van der Waals surface area contributed by atoms with Crippen molar-refractivity contribution in [1.29, 1.82) is 0 Å². The first-order valence-electron chi connectivity index (χ1n) is 7.62. The maximum Gasteiger partial charge on any atom is 0.134 e. The van der Waals surface area contributed by atoms with Gasteiger partial charge < -0.3 is 19.3 Å². The number of aromatic nitrogens is 1. The van der Waals surface area contributed by atoms with Crippen LogP contribution in [0, 0.1) is 0 Å². The number of likely N-dealkylation sites (tertiary alicyclic amines) is 1. The number of benzene rings is 1. The van der Waals surface area contributed by atoms with E-state index in [0.717, 1.165) is 36.4 Å². The Labute approximate surface area is 130 Å². The minimum Gasteiger partial charge on any atom is -0.487 e. The van der Waals surface area contributed by atoms with Gasteiger partial charge in [-0.25, -0.2) is 0 Å². The predicted octanol–water partition coefficient (Wildman–Crippen LogP) is 2.56. The van der Waals surface area contributed by atoms with E-state index in [4.69, 9.17) is 9.26 Å². The average molecular weight is 302 g/mol. The fourth-order valence-electron chi connectivity index (χ4n) is 3.17. The van der Waals surface area contributed by atoms with Crippen LogP contribution in [0.3, 0.4) is 0 Å². The summed E-state index contributed by atoms with van der Waals surface area (Å²) in [5.74, 6) is 0.752. The first-order valence-corrected chi connectivity index (χ1v) is 7.62. The van der Waals surface area contributed by atoms with Crippen molar-refractivity contribution in [3.05, 3.63) is 47.9 Å². The minimum atomic E-state index is -0.851. The molecule has 5 heteroatoms. The lowest BCUT2D eigenvalue weighted by atomic mass is 9.87. The third-order valence-electron chi connectivity index (χ3n) is 4.49. The standard InChI is InChI=1S/C17H22N2O3/c1-17(20,16-4-3-10-19(16)2)13-5-7-15(8-6-13)21-12-14-9-11-22-18-14/h5-9,11,16,20H,3-4,10,12H2,1-2H3/t16-,17?/m1/s1. The molecule has 22 heavy (non-hydrogen) atoms. The second-order valence-corrected chi connectivity index (χ2v) is 6.09. The molecule has 0 spiro atoms. The van der Waals surface area contributed by atoms with Gasteiger partial charge in [-0.15, -0.1) is 0 Å². The molecule has 5 nitrogen and oxygen atoms in total. The average Bonchev–Trinajstić information content (AvgIpc) is 3.17. The topological polar surface area (TPSA) is 58.7 Å². The normalized spacial score (nSPS) is 21.7. The number of likely N-dealkylation sites (N-methyl/N-ethyl adjacent to an activating group) is 1. The zero-order valence-corrected chi connectivity index (χ0v) is 13.0. The van der Waals surface area contributed by atoms with Crippen molar-refractivity contribution in [3.8, 4) is 5.75 Å². The highest BCUT2D eigenvalue weighted by atomic mass is 16.5. The summed E-state index contributed by atoms with van der Waals surface area (Å²) in [6.45, 7) is 3.31. The molecule has 0 amide bonds. The zero-order valence-electron chi connectivity index (χ0n) is 13.0. The van der Waals surface area contributed by atoms with Crippen molar-refractivity contribution in [2.24, 2.45) is 0 Å². The lowest BCUT2D eigenvalue weighted by Gasteiger charge is -2.35. The van der Waals surface area contributed by atoms with Gasteiger partial charge in [-0.1, -0.05) is 17.3 Å². The van der Waals surface area contributed by atoms with Crippen LogP contribution in [0.25, 0.3) is 0 Å². The van der Waals surface area contributed by atoms with E-state index in [9.17, 15) is 5.11 Å². The molecule has 1 aromatic heterocycles. The molecule has 118 valence electrons. The maximum absolute atomic E-state index is 10.9. The van der Waals surface area contributed by atoms with Crippen LogP contribution in [-0.4, -0.2) is 34.8 Å². The summed E-state index contributed by atoms with van der Waals surface area (Å²) in [7, 11) is 2.07. The fraction of sp³-hybridized carbons (Fsp3) is 0.471. The molecule has 1 fully saturated rings. The Morgan fingerprint density at radius 1 is 1.36 bits per heavy atom. The van der Waals surface area contributed by atoms with Crippen molar-refractivity contribution >= 4 is 0 Å². The molecule has 0 saturated carbocycles. The number of nitrogens with zero attached hydrogens (tertiary/aromatic N) is 2. The SMILES string of the molecule is CN1CCC[C@@H]1C(C)(O)c1ccc(OCc2ccon2)cc1. The smallest absolute Gasteiger partial charge is 0.134 e. The van der Waals surface area contributed by atoms with Crippen molar-refractivity contribution in [1.82, 2.24) is 10.1 Å². The molecule has 0 bridgehead atoms. The Bertz CT molecular complexity index is 593. The quantitative estimate of drug-likeness (QED) is 0.920. The van der Waals surface area contributed by atoms with Crippen LogP contribution < -0.4 is 4.74 Å². The largest absolute Gasteiger partial charge is 0.487 e. The van der Waals surface area contributed by atoms with Gasteiger partial charge in [-0.3, -0.25) is 0 Å². The number of ether oxygens (including phenoxy) is 1. The Hall–Kier alpha value is -1.85. The van der Waals surface area contributed by atoms with Crippen LogP contribution in [0.15, 0.2) is 41.1 Å². The van der Waals surface area contributed by atoms with Crippen LogP contribution in [0.2, 0.25) is 0 Å². The van der Waals surface area contributed by atoms with E-state index in [2.05, 4.69) is 17.1 Å². The molecule has 3 rings (SSSR count). The monoisotopic (exact) mass is 302 g/mol. The molecule has 2 aromatic rings. The van der Waals surface area contributed by atoms with Crippen molar-refractivity contribution in [2.75, 3.05) is 13.6 Å². The van der Waals surface area contributed by atoms with Crippen LogP contribution >= 0.6 is 0 Å². The summed E-state index contributed by atoms with van der Waals surface area (Å²) >= 11 is 0. The number of hydrogen-bond donors (Lipinski definition) is 1. The van der Waals surface area contributed by atoms with E-state index in [1.54, 1.807) is 6.07 Å². The summed E-state index contributed by atoms with van der Waals surface area (Å²) in [6, 6.07) is 9.58. The van der Waals surface area contributed by atoms with E-state index in [1.807, 2.05) is 31.2 Å². The summed E-state index contributed by atoms with van der Waals surface area (Å²) in [6.07, 6.45) is 3.68. The van der Waals surface area contributed by atoms with Crippen molar-refractivity contribution in [3.63, 3.8) is 0 Å². The molecule has 1 unspecified atom stereocenters. The second kappa shape index (κ2) is 6.10. The molecule has 1 aliphatic heterocycles. The van der Waals surface area contributed by atoms with Crippen LogP contribution in [0.1, 0.15) is 31.0 Å². The van der Waals surface area contributed by atoms with E-state index in [-0.39, 0.29) is 6.04 Å². The fourth-order valence-corrected chi connectivity index (χ4v) is 3.17. The van der Waals surface area contributed by atoms with E-state index in [1.165, 1.54) is 6.26 Å². The molecule has 1 aliphatic rings. The molecule has 1 saturated heterocycles. The van der Waals surface area contributed by atoms with Crippen LogP contribution in [0.5, 0.6) is 5.75 Å². The summed E-state index contributed by atoms with van der Waals surface area (Å²) in [5, 5.41) is 14.7. The summed E-state index contributed by atoms with van der Waals surface area (Å²) in [5.41, 5.74) is 0.819. The van der Waals surface area contributed by atoms with Gasteiger partial charge in [0.05, 0.1) is 0 Å². The zero-order chi connectivity index (χ0) is 15.6. The molecule has 0 radical (unpaired) electrons. The van der Waals surface area contributed by atoms with Crippen molar-refractivity contribution < 1.29 is 14.4 Å². The maximum atomic E-state index is 10.9. The minimum absolute atomic E-state index is 0.161. The number of hydrogen-bond acceptors (Lipinski definition) is 5. The molecule has 1 N–H and O–H groups in total. The first-order chi connectivity index (χ1) is 10.6. The Morgan fingerprint density at radius 3 is 2.73 bits per heavy atom. The molecular formula is C17H22N2O3. The number of aliphatic hydroxyl groups is 1. The van der Waals surface area contributed by atoms with Gasteiger partial charge in [0.25, 0.3) is 0 Å². The Kier molecular flexibility index (Phi) is 4.18. The lowest BCUT2D eigenvalue weighted by molar-refractivity contribution is -0.0153. The summed E-state index contributed by atoms with van der Waals surface area (Å²) < 4.78 is 10.4. The predicted molar refractivity (Wildman–Crippen MR) is 82.5 cm³/mol. The van der Waals surface area contributed by atoms with E-state index in [0.29, 0.717) is 6.61 Å². The third-order valence-corrected chi connectivity index (χ3v) is 4.49. The lowest BCUT2D eigenvalue weighted by Crippen LogP contribution is -2.43. The van der Waals surface area contributed by atoms with E-state index >= 15 is 0 Å². The van der Waals surface area contributed by atoms with Gasteiger partial charge in [-0.05, 0) is 51.1 Å². The highest BCUT2D eigenvalue weighted by Crippen LogP contribution is 2.34. The first kappa shape index (κ1) is 15.1. The van der Waals surface area contributed by atoms with Gasteiger partial charge in [0.2, 0.25) is 0 Å². The molecular weight excluding hydrogens is 280 g/mol. The van der Waals surface area contributed by atoms with Gasteiger partial charge in [-0.2, -0.15) is 0 Å². The van der Waals surface area contributed by atoms with Gasteiger partial charge in [0.15, 0.2) is 0 Å². The Balaban J connectivity index is 1.67. The third kappa shape index (κ3) is 3.00. The number of rotatable bonds is 5. The van der Waals surface area contributed by atoms with E-state index < -0.39 is 5.60 Å². The molecule has 2 atom stereocenters. The van der Waals surface area contributed by atoms with Crippen LogP contribution in [-0.2, 0) is 12.2 Å². The highest BCUT2D eigenvalue weighted by molar-refractivity contribution is 5.32. The highest BCUT2D eigenvalue weighted by Gasteiger charge is 2.38. The molecule has 0 aliphatic carbocycles. The molecule has 1 aromatic carbocycles. The Morgan fingerprint density at radius 2 is 2.14 bits per heavy atom. The molecule has 2 heterocycles.